The number of pyridine rings is 1. The van der Waals surface area contributed by atoms with Gasteiger partial charge in [-0.05, 0) is 39.0 Å². The maximum absolute atomic E-state index is 12.6. The fourth-order valence-electron chi connectivity index (χ4n) is 3.17. The molecule has 1 N–H and O–H groups in total. The van der Waals surface area contributed by atoms with Crippen molar-refractivity contribution in [3.8, 4) is 0 Å². The Hall–Kier alpha value is -2.11. The van der Waals surface area contributed by atoms with Gasteiger partial charge in [-0.2, -0.15) is 0 Å². The molecule has 1 unspecified atom stereocenters. The van der Waals surface area contributed by atoms with E-state index in [0.717, 1.165) is 16.9 Å². The molecule has 6 heteroatoms. The summed E-state index contributed by atoms with van der Waals surface area (Å²) in [5, 5.41) is 0.619. The average molecular weight is 360 g/mol. The number of hydrogen-bond donors (Lipinski definition) is 1. The van der Waals surface area contributed by atoms with Crippen LogP contribution in [0.2, 0.25) is 5.02 Å². The number of halogens is 1. The zero-order valence-corrected chi connectivity index (χ0v) is 15.4. The smallest absolute Gasteiger partial charge is 0.241 e. The highest BCUT2D eigenvalue weighted by molar-refractivity contribution is 6.30. The van der Waals surface area contributed by atoms with Crippen molar-refractivity contribution in [1.82, 2.24) is 9.88 Å². The number of carbonyl (C=O) groups excluding carboxylic acids is 1. The second-order valence-electron chi connectivity index (χ2n) is 6.64. The summed E-state index contributed by atoms with van der Waals surface area (Å²) in [5.74, 6) is 0.0347. The monoisotopic (exact) mass is 359 g/mol. The van der Waals surface area contributed by atoms with Crippen LogP contribution in [-0.4, -0.2) is 34.9 Å². The summed E-state index contributed by atoms with van der Waals surface area (Å²) in [7, 11) is 0. The van der Waals surface area contributed by atoms with E-state index < -0.39 is 0 Å². The van der Waals surface area contributed by atoms with E-state index in [2.05, 4.69) is 16.8 Å². The molecular weight excluding hydrogens is 338 g/mol. The summed E-state index contributed by atoms with van der Waals surface area (Å²) in [4.78, 5) is 31.8. The van der Waals surface area contributed by atoms with Gasteiger partial charge in [-0.15, -0.1) is 0 Å². The SMILES string of the molecule is Cc1c[nH]c(CN2CC(=O)N(c3cccc(Cl)c3)CC2C)c(C)c1=O. The first-order valence-electron chi connectivity index (χ1n) is 8.34. The van der Waals surface area contributed by atoms with Crippen LogP contribution in [0.5, 0.6) is 0 Å². The normalized spacial score (nSPS) is 18.6. The molecule has 0 aliphatic carbocycles. The molecule has 5 nitrogen and oxygen atoms in total. The van der Waals surface area contributed by atoms with Gasteiger partial charge < -0.3 is 9.88 Å². The average Bonchev–Trinajstić information content (AvgIpc) is 2.58. The van der Waals surface area contributed by atoms with Crippen LogP contribution in [0.3, 0.4) is 0 Å². The first kappa shape index (κ1) is 17.7. The Labute approximate surface area is 152 Å². The first-order chi connectivity index (χ1) is 11.9. The van der Waals surface area contributed by atoms with Crippen LogP contribution in [0.15, 0.2) is 35.3 Å². The first-order valence-corrected chi connectivity index (χ1v) is 8.72. The maximum Gasteiger partial charge on any atom is 0.241 e. The van der Waals surface area contributed by atoms with Gasteiger partial charge in [0.2, 0.25) is 5.91 Å². The number of rotatable bonds is 3. The maximum atomic E-state index is 12.6. The second kappa shape index (κ2) is 7.02. The van der Waals surface area contributed by atoms with Crippen LogP contribution < -0.4 is 10.3 Å². The van der Waals surface area contributed by atoms with Crippen molar-refractivity contribution in [2.75, 3.05) is 18.0 Å². The van der Waals surface area contributed by atoms with Crippen LogP contribution in [0.1, 0.15) is 23.7 Å². The van der Waals surface area contributed by atoms with E-state index in [1.165, 1.54) is 0 Å². The minimum Gasteiger partial charge on any atom is -0.363 e. The van der Waals surface area contributed by atoms with Crippen LogP contribution in [0.4, 0.5) is 5.69 Å². The molecule has 0 saturated carbocycles. The Balaban J connectivity index is 1.78. The number of benzene rings is 1. The molecule has 132 valence electrons. The van der Waals surface area contributed by atoms with E-state index in [-0.39, 0.29) is 17.4 Å². The van der Waals surface area contributed by atoms with Gasteiger partial charge in [-0.3, -0.25) is 14.5 Å². The molecule has 0 radical (unpaired) electrons. The fraction of sp³-hybridized carbons (Fsp3) is 0.368. The lowest BCUT2D eigenvalue weighted by Crippen LogP contribution is -2.55. The van der Waals surface area contributed by atoms with Gasteiger partial charge in [0.05, 0.1) is 6.54 Å². The van der Waals surface area contributed by atoms with E-state index in [1.54, 1.807) is 24.1 Å². The summed E-state index contributed by atoms with van der Waals surface area (Å²) in [6.07, 6.45) is 1.74. The van der Waals surface area contributed by atoms with Gasteiger partial charge >= 0.3 is 0 Å². The second-order valence-corrected chi connectivity index (χ2v) is 7.08. The predicted molar refractivity (Wildman–Crippen MR) is 100 cm³/mol. The molecule has 2 heterocycles. The third-order valence-corrected chi connectivity index (χ3v) is 5.04. The molecular formula is C19H22ClN3O2. The van der Waals surface area contributed by atoms with Crippen molar-refractivity contribution in [3.63, 3.8) is 0 Å². The Morgan fingerprint density at radius 3 is 2.76 bits per heavy atom. The molecule has 1 aromatic carbocycles. The lowest BCUT2D eigenvalue weighted by atomic mass is 10.1. The number of nitrogens with zero attached hydrogens (tertiary/aromatic N) is 2. The van der Waals surface area contributed by atoms with Gasteiger partial charge in [0.25, 0.3) is 0 Å². The summed E-state index contributed by atoms with van der Waals surface area (Å²) in [6.45, 7) is 7.17. The molecule has 3 rings (SSSR count). The van der Waals surface area contributed by atoms with Crippen LogP contribution in [-0.2, 0) is 11.3 Å². The van der Waals surface area contributed by atoms with E-state index in [1.807, 2.05) is 25.1 Å². The van der Waals surface area contributed by atoms with Crippen molar-refractivity contribution in [2.24, 2.45) is 0 Å². The van der Waals surface area contributed by atoms with Gasteiger partial charge in [0.1, 0.15) is 0 Å². The number of aryl methyl sites for hydroxylation is 1. The number of anilines is 1. The van der Waals surface area contributed by atoms with Crippen molar-refractivity contribution in [1.29, 1.82) is 0 Å². The summed E-state index contributed by atoms with van der Waals surface area (Å²) in [5.41, 5.74) is 3.17. The molecule has 1 saturated heterocycles. The van der Waals surface area contributed by atoms with Gasteiger partial charge in [-0.25, -0.2) is 0 Å². The van der Waals surface area contributed by atoms with E-state index in [0.29, 0.717) is 30.2 Å². The Bertz CT molecular complexity index is 862. The zero-order valence-electron chi connectivity index (χ0n) is 14.7. The molecule has 0 bridgehead atoms. The largest absolute Gasteiger partial charge is 0.363 e. The standard InChI is InChI=1S/C19H22ClN3O2/c1-12-8-21-17(14(3)19(12)25)10-22-11-18(24)23(9-13(22)2)16-6-4-5-15(20)7-16/h4-8,13H,9-11H2,1-3H3,(H,21,25). The lowest BCUT2D eigenvalue weighted by molar-refractivity contribution is -0.122. The lowest BCUT2D eigenvalue weighted by Gasteiger charge is -2.39. The Morgan fingerprint density at radius 1 is 1.28 bits per heavy atom. The van der Waals surface area contributed by atoms with Gasteiger partial charge in [0, 0.05) is 52.9 Å². The van der Waals surface area contributed by atoms with Gasteiger partial charge in [-0.1, -0.05) is 17.7 Å². The highest BCUT2D eigenvalue weighted by Crippen LogP contribution is 2.24. The minimum atomic E-state index is 0.0347. The molecule has 2 aromatic rings. The molecule has 0 spiro atoms. The van der Waals surface area contributed by atoms with Crippen molar-refractivity contribution in [3.05, 3.63) is 62.5 Å². The summed E-state index contributed by atoms with van der Waals surface area (Å²) >= 11 is 6.05. The molecule has 1 amide bonds. The van der Waals surface area contributed by atoms with Crippen molar-refractivity contribution in [2.45, 2.75) is 33.4 Å². The number of hydrogen-bond acceptors (Lipinski definition) is 3. The molecule has 1 aliphatic heterocycles. The quantitative estimate of drug-likeness (QED) is 0.916. The predicted octanol–water partition coefficient (Wildman–Crippen LogP) is 2.88. The van der Waals surface area contributed by atoms with Crippen LogP contribution >= 0.6 is 11.6 Å². The molecule has 1 aromatic heterocycles. The Morgan fingerprint density at radius 2 is 2.04 bits per heavy atom. The van der Waals surface area contributed by atoms with E-state index in [4.69, 9.17) is 11.6 Å². The number of carbonyl (C=O) groups is 1. The number of aromatic amines is 1. The van der Waals surface area contributed by atoms with Crippen LogP contribution in [0.25, 0.3) is 0 Å². The summed E-state index contributed by atoms with van der Waals surface area (Å²) in [6, 6.07) is 7.52. The van der Waals surface area contributed by atoms with Crippen molar-refractivity contribution >= 4 is 23.2 Å². The molecule has 1 aliphatic rings. The number of piperazine rings is 1. The van der Waals surface area contributed by atoms with Gasteiger partial charge in [0.15, 0.2) is 5.43 Å². The zero-order chi connectivity index (χ0) is 18.1. The Kier molecular flexibility index (Phi) is 4.97. The third-order valence-electron chi connectivity index (χ3n) is 4.80. The minimum absolute atomic E-state index is 0.0347. The molecule has 25 heavy (non-hydrogen) atoms. The van der Waals surface area contributed by atoms with E-state index in [9.17, 15) is 9.59 Å². The molecule has 1 atom stereocenters. The number of nitrogens with one attached hydrogen (secondary N) is 1. The highest BCUT2D eigenvalue weighted by Gasteiger charge is 2.30. The summed E-state index contributed by atoms with van der Waals surface area (Å²) < 4.78 is 0. The molecule has 1 fully saturated rings. The fourth-order valence-corrected chi connectivity index (χ4v) is 3.36. The van der Waals surface area contributed by atoms with Crippen molar-refractivity contribution < 1.29 is 4.79 Å². The number of H-pyrrole nitrogens is 1. The van der Waals surface area contributed by atoms with E-state index >= 15 is 0 Å². The topological polar surface area (TPSA) is 56.4 Å². The number of aromatic nitrogens is 1. The highest BCUT2D eigenvalue weighted by atomic mass is 35.5. The van der Waals surface area contributed by atoms with Crippen LogP contribution in [0, 0.1) is 13.8 Å². The third kappa shape index (κ3) is 3.62. The number of amides is 1.